The Morgan fingerprint density at radius 1 is 1.07 bits per heavy atom. The lowest BCUT2D eigenvalue weighted by Crippen LogP contribution is -2.49. The molecule has 1 aromatic rings. The molecule has 2 aliphatic carbocycles. The Hall–Kier alpha value is -1.62. The Kier molecular flexibility index (Phi) is 7.78. The minimum Gasteiger partial charge on any atom is -0.484 e. The zero-order chi connectivity index (χ0) is 21.7. The Bertz CT molecular complexity index is 723. The van der Waals surface area contributed by atoms with Crippen LogP contribution in [0.15, 0.2) is 18.2 Å². The summed E-state index contributed by atoms with van der Waals surface area (Å²) in [7, 11) is 0. The molecule has 6 nitrogen and oxygen atoms in total. The molecule has 0 aliphatic heterocycles. The van der Waals surface area contributed by atoms with Crippen LogP contribution in [-0.2, 0) is 19.0 Å². The standard InChI is InChI=1S/C19H22ClF4NO5/c20-16-2-1-12(9-17(16)21)29-10-18(26)25-11-5-13(6-11)27-3-4-28-14-7-15(8-14)30-19(22,23)24/h1-2,9,11,13-15H,3-8,10H2,(H,25,26)/t11-,13+,14-,15+. The molecule has 2 fully saturated rings. The highest BCUT2D eigenvalue weighted by Gasteiger charge is 2.40. The van der Waals surface area contributed by atoms with Crippen LogP contribution in [-0.4, -0.2) is 56.4 Å². The van der Waals surface area contributed by atoms with Gasteiger partial charge in [0, 0.05) is 24.9 Å². The maximum atomic E-state index is 13.3. The second-order valence-corrected chi connectivity index (χ2v) is 7.65. The Balaban J connectivity index is 1.18. The fraction of sp³-hybridized carbons (Fsp3) is 0.632. The lowest BCUT2D eigenvalue weighted by molar-refractivity contribution is -0.357. The van der Waals surface area contributed by atoms with Crippen LogP contribution in [0.4, 0.5) is 17.6 Å². The largest absolute Gasteiger partial charge is 0.522 e. The number of alkyl halides is 3. The normalized spacial score (nSPS) is 25.9. The van der Waals surface area contributed by atoms with Gasteiger partial charge in [0.2, 0.25) is 0 Å². The summed E-state index contributed by atoms with van der Waals surface area (Å²) >= 11 is 5.58. The molecule has 1 N–H and O–H groups in total. The minimum atomic E-state index is -4.60. The van der Waals surface area contributed by atoms with Crippen LogP contribution in [0.1, 0.15) is 25.7 Å². The second kappa shape index (κ2) is 10.1. The topological polar surface area (TPSA) is 66.0 Å². The van der Waals surface area contributed by atoms with Crippen LogP contribution in [0.25, 0.3) is 0 Å². The number of ether oxygens (including phenoxy) is 4. The number of amides is 1. The highest BCUT2D eigenvalue weighted by molar-refractivity contribution is 6.30. The summed E-state index contributed by atoms with van der Waals surface area (Å²) in [6.45, 7) is 0.387. The molecule has 0 atom stereocenters. The van der Waals surface area contributed by atoms with Crippen LogP contribution in [0.5, 0.6) is 5.75 Å². The molecule has 0 bridgehead atoms. The van der Waals surface area contributed by atoms with Crippen LogP contribution in [0.3, 0.4) is 0 Å². The maximum absolute atomic E-state index is 13.3. The van der Waals surface area contributed by atoms with Gasteiger partial charge >= 0.3 is 6.36 Å². The molecular weight excluding hydrogens is 434 g/mol. The summed E-state index contributed by atoms with van der Waals surface area (Å²) in [6, 6.07) is 3.90. The third kappa shape index (κ3) is 7.26. The van der Waals surface area contributed by atoms with E-state index >= 15 is 0 Å². The van der Waals surface area contributed by atoms with Gasteiger partial charge in [0.15, 0.2) is 6.61 Å². The average Bonchev–Trinajstić information content (AvgIpc) is 2.60. The van der Waals surface area contributed by atoms with E-state index in [4.69, 9.17) is 25.8 Å². The summed E-state index contributed by atoms with van der Waals surface area (Å²) < 4.78 is 69.5. The number of hydrogen-bond donors (Lipinski definition) is 1. The quantitative estimate of drug-likeness (QED) is 0.431. The first-order valence-corrected chi connectivity index (χ1v) is 9.90. The third-order valence-corrected chi connectivity index (χ3v) is 5.17. The number of rotatable bonds is 10. The smallest absolute Gasteiger partial charge is 0.484 e. The molecule has 0 unspecified atom stereocenters. The van der Waals surface area contributed by atoms with Gasteiger partial charge in [0.25, 0.3) is 5.91 Å². The Morgan fingerprint density at radius 3 is 2.30 bits per heavy atom. The van der Waals surface area contributed by atoms with Crippen molar-refractivity contribution >= 4 is 17.5 Å². The number of carbonyl (C=O) groups is 1. The maximum Gasteiger partial charge on any atom is 0.522 e. The molecule has 11 heteroatoms. The van der Waals surface area contributed by atoms with Gasteiger partial charge in [0.05, 0.1) is 36.5 Å². The zero-order valence-electron chi connectivity index (χ0n) is 15.9. The van der Waals surface area contributed by atoms with E-state index in [0.717, 1.165) is 6.07 Å². The third-order valence-electron chi connectivity index (χ3n) is 4.86. The fourth-order valence-corrected chi connectivity index (χ4v) is 3.29. The molecule has 0 saturated heterocycles. The van der Waals surface area contributed by atoms with Crippen molar-refractivity contribution in [3.63, 3.8) is 0 Å². The minimum absolute atomic E-state index is 0.00659. The summed E-state index contributed by atoms with van der Waals surface area (Å²) in [5.41, 5.74) is 0. The molecule has 0 spiro atoms. The van der Waals surface area contributed by atoms with E-state index in [1.54, 1.807) is 0 Å². The monoisotopic (exact) mass is 455 g/mol. The summed E-state index contributed by atoms with van der Waals surface area (Å²) in [5.74, 6) is -0.730. The average molecular weight is 456 g/mol. The number of hydrogen-bond acceptors (Lipinski definition) is 5. The highest BCUT2D eigenvalue weighted by Crippen LogP contribution is 2.32. The molecule has 1 amide bonds. The van der Waals surface area contributed by atoms with Crippen LogP contribution in [0, 0.1) is 5.82 Å². The predicted octanol–water partition coefficient (Wildman–Crippen LogP) is 3.61. The molecule has 0 aromatic heterocycles. The van der Waals surface area contributed by atoms with Crippen molar-refractivity contribution in [2.24, 2.45) is 0 Å². The van der Waals surface area contributed by atoms with Crippen molar-refractivity contribution in [1.29, 1.82) is 0 Å². The van der Waals surface area contributed by atoms with Gasteiger partial charge in [-0.2, -0.15) is 0 Å². The summed E-state index contributed by atoms with van der Waals surface area (Å²) in [5, 5.41) is 2.77. The highest BCUT2D eigenvalue weighted by atomic mass is 35.5. The van der Waals surface area contributed by atoms with E-state index in [1.807, 2.05) is 0 Å². The van der Waals surface area contributed by atoms with E-state index < -0.39 is 18.3 Å². The van der Waals surface area contributed by atoms with Crippen molar-refractivity contribution < 1.29 is 41.3 Å². The van der Waals surface area contributed by atoms with E-state index in [9.17, 15) is 22.4 Å². The number of halogens is 5. The van der Waals surface area contributed by atoms with Crippen LogP contribution < -0.4 is 10.1 Å². The van der Waals surface area contributed by atoms with E-state index in [1.165, 1.54) is 12.1 Å². The fourth-order valence-electron chi connectivity index (χ4n) is 3.17. The van der Waals surface area contributed by atoms with Crippen molar-refractivity contribution in [1.82, 2.24) is 5.32 Å². The van der Waals surface area contributed by atoms with Crippen molar-refractivity contribution in [3.05, 3.63) is 29.0 Å². The molecule has 2 saturated carbocycles. The molecule has 1 aromatic carbocycles. The lowest BCUT2D eigenvalue weighted by atomic mass is 9.89. The summed E-state index contributed by atoms with van der Waals surface area (Å²) in [6.07, 6.45) is -3.93. The van der Waals surface area contributed by atoms with Crippen molar-refractivity contribution in [2.45, 2.75) is 56.4 Å². The first kappa shape index (κ1) is 23.1. The number of benzene rings is 1. The van der Waals surface area contributed by atoms with Gasteiger partial charge < -0.3 is 19.5 Å². The van der Waals surface area contributed by atoms with Gasteiger partial charge in [-0.3, -0.25) is 9.53 Å². The molecule has 3 rings (SSSR count). The van der Waals surface area contributed by atoms with E-state index in [-0.39, 0.29) is 54.4 Å². The van der Waals surface area contributed by atoms with Crippen molar-refractivity contribution in [3.8, 4) is 5.75 Å². The number of nitrogens with one attached hydrogen (secondary N) is 1. The van der Waals surface area contributed by atoms with Gasteiger partial charge in [0.1, 0.15) is 11.6 Å². The SMILES string of the molecule is O=C(COc1ccc(Cl)c(F)c1)N[C@H]1C[C@@H](OCCO[C@H]2C[C@@H](OC(F)(F)F)C2)C1. The van der Waals surface area contributed by atoms with Gasteiger partial charge in [-0.15, -0.1) is 13.2 Å². The van der Waals surface area contributed by atoms with Gasteiger partial charge in [-0.25, -0.2) is 4.39 Å². The Morgan fingerprint density at radius 2 is 1.70 bits per heavy atom. The van der Waals surface area contributed by atoms with E-state index in [0.29, 0.717) is 26.1 Å². The first-order chi connectivity index (χ1) is 14.2. The lowest BCUT2D eigenvalue weighted by Gasteiger charge is -2.37. The summed E-state index contributed by atoms with van der Waals surface area (Å²) in [4.78, 5) is 11.9. The Labute approximate surface area is 175 Å². The van der Waals surface area contributed by atoms with Crippen LogP contribution >= 0.6 is 11.6 Å². The zero-order valence-corrected chi connectivity index (χ0v) is 16.7. The molecule has 2 aliphatic rings. The van der Waals surface area contributed by atoms with Crippen molar-refractivity contribution in [2.75, 3.05) is 19.8 Å². The molecule has 30 heavy (non-hydrogen) atoms. The predicted molar refractivity (Wildman–Crippen MR) is 97.7 cm³/mol. The molecular formula is C19H22ClF4NO5. The van der Waals surface area contributed by atoms with Crippen LogP contribution in [0.2, 0.25) is 5.02 Å². The molecule has 0 heterocycles. The number of carbonyl (C=O) groups excluding carboxylic acids is 1. The second-order valence-electron chi connectivity index (χ2n) is 7.24. The molecule has 0 radical (unpaired) electrons. The van der Waals surface area contributed by atoms with Gasteiger partial charge in [-0.05, 0) is 25.0 Å². The first-order valence-electron chi connectivity index (χ1n) is 9.53. The van der Waals surface area contributed by atoms with E-state index in [2.05, 4.69) is 10.1 Å². The molecule has 168 valence electrons. The van der Waals surface area contributed by atoms with Gasteiger partial charge in [-0.1, -0.05) is 11.6 Å².